The summed E-state index contributed by atoms with van der Waals surface area (Å²) in [5.74, 6) is -0.148. The molecule has 0 unspecified atom stereocenters. The highest BCUT2D eigenvalue weighted by Crippen LogP contribution is 2.18. The molecule has 26 heavy (non-hydrogen) atoms. The van der Waals surface area contributed by atoms with Gasteiger partial charge in [0.05, 0.1) is 12.1 Å². The van der Waals surface area contributed by atoms with Gasteiger partial charge in [0.1, 0.15) is 0 Å². The number of hydrogen-bond donors (Lipinski definition) is 2. The van der Waals surface area contributed by atoms with E-state index in [2.05, 4.69) is 36.4 Å². The number of piperazine rings is 1. The smallest absolute Gasteiger partial charge is 0.323 e. The highest BCUT2D eigenvalue weighted by atomic mass is 79.9. The van der Waals surface area contributed by atoms with E-state index in [0.29, 0.717) is 23.9 Å². The molecule has 138 valence electrons. The van der Waals surface area contributed by atoms with Gasteiger partial charge in [-0.3, -0.25) is 10.1 Å². The second kappa shape index (κ2) is 8.61. The predicted molar refractivity (Wildman–Crippen MR) is 107 cm³/mol. The van der Waals surface area contributed by atoms with Gasteiger partial charge in [-0.15, -0.1) is 11.3 Å². The number of hydrogen-bond acceptors (Lipinski definition) is 5. The minimum absolute atomic E-state index is 0.141. The van der Waals surface area contributed by atoms with Crippen molar-refractivity contribution in [2.24, 2.45) is 0 Å². The Morgan fingerprint density at radius 1 is 1.23 bits per heavy atom. The number of carbonyl (C=O) groups is 2. The number of amides is 3. The average Bonchev–Trinajstić information content (AvgIpc) is 3.02. The summed E-state index contributed by atoms with van der Waals surface area (Å²) in [5, 5.41) is 7.95. The zero-order chi connectivity index (χ0) is 18.5. The molecule has 0 bridgehead atoms. The Balaban J connectivity index is 1.51. The Morgan fingerprint density at radius 2 is 2.00 bits per heavy atom. The summed E-state index contributed by atoms with van der Waals surface area (Å²) in [6.45, 7) is 3.14. The van der Waals surface area contributed by atoms with Crippen LogP contribution in [0.2, 0.25) is 0 Å². The van der Waals surface area contributed by atoms with Gasteiger partial charge in [-0.1, -0.05) is 22.0 Å². The molecule has 0 saturated carbocycles. The van der Waals surface area contributed by atoms with Gasteiger partial charge < -0.3 is 15.1 Å². The Hall–Kier alpha value is -1.97. The van der Waals surface area contributed by atoms with Crippen LogP contribution < -0.4 is 10.6 Å². The van der Waals surface area contributed by atoms with Crippen LogP contribution in [-0.4, -0.2) is 59.9 Å². The van der Waals surface area contributed by atoms with Crippen molar-refractivity contribution in [3.63, 3.8) is 0 Å². The van der Waals surface area contributed by atoms with E-state index >= 15 is 0 Å². The number of halogens is 1. The van der Waals surface area contributed by atoms with Crippen LogP contribution in [0.3, 0.4) is 0 Å². The second-order valence-corrected chi connectivity index (χ2v) is 7.87. The highest BCUT2D eigenvalue weighted by molar-refractivity contribution is 9.10. The molecule has 1 aromatic heterocycles. The number of benzene rings is 1. The Morgan fingerprint density at radius 3 is 2.73 bits per heavy atom. The van der Waals surface area contributed by atoms with Gasteiger partial charge in [-0.05, 0) is 25.2 Å². The van der Waals surface area contributed by atoms with E-state index in [9.17, 15) is 9.59 Å². The van der Waals surface area contributed by atoms with Gasteiger partial charge in [0.25, 0.3) is 0 Å². The highest BCUT2D eigenvalue weighted by Gasteiger charge is 2.20. The summed E-state index contributed by atoms with van der Waals surface area (Å²) in [6.07, 6.45) is 0.160. The SMILES string of the molecule is CN1CCN(C(=O)Nc2nc(CC(=O)Nc3cccc(Br)c3)cs2)CC1. The zero-order valence-electron chi connectivity index (χ0n) is 14.4. The summed E-state index contributed by atoms with van der Waals surface area (Å²) in [4.78, 5) is 32.7. The van der Waals surface area contributed by atoms with Crippen LogP contribution in [0.5, 0.6) is 0 Å². The molecule has 1 fully saturated rings. The van der Waals surface area contributed by atoms with E-state index in [-0.39, 0.29) is 18.4 Å². The van der Waals surface area contributed by atoms with Crippen molar-refractivity contribution in [3.8, 4) is 0 Å². The molecule has 3 amide bonds. The molecular formula is C17H20BrN5O2S. The summed E-state index contributed by atoms with van der Waals surface area (Å²) in [7, 11) is 2.04. The fourth-order valence-electron chi connectivity index (χ4n) is 2.56. The maximum absolute atomic E-state index is 12.3. The first-order valence-corrected chi connectivity index (χ1v) is 9.91. The van der Waals surface area contributed by atoms with Crippen molar-refractivity contribution in [2.45, 2.75) is 6.42 Å². The first kappa shape index (κ1) is 18.8. The third-order valence-corrected chi connectivity index (χ3v) is 5.31. The van der Waals surface area contributed by atoms with E-state index in [1.54, 1.807) is 10.3 Å². The van der Waals surface area contributed by atoms with Gasteiger partial charge >= 0.3 is 6.03 Å². The molecule has 2 heterocycles. The summed E-state index contributed by atoms with van der Waals surface area (Å²) in [6, 6.07) is 7.27. The molecular weight excluding hydrogens is 418 g/mol. The largest absolute Gasteiger partial charge is 0.326 e. The van der Waals surface area contributed by atoms with Gasteiger partial charge in [-0.25, -0.2) is 9.78 Å². The lowest BCUT2D eigenvalue weighted by Crippen LogP contribution is -2.48. The second-order valence-electron chi connectivity index (χ2n) is 6.10. The van der Waals surface area contributed by atoms with Crippen molar-refractivity contribution in [3.05, 3.63) is 39.8 Å². The molecule has 2 aromatic rings. The monoisotopic (exact) mass is 437 g/mol. The van der Waals surface area contributed by atoms with Gasteiger partial charge in [0.2, 0.25) is 5.91 Å². The Labute approximate surface area is 164 Å². The maximum Gasteiger partial charge on any atom is 0.323 e. The Kier molecular flexibility index (Phi) is 6.23. The number of likely N-dealkylation sites (N-methyl/N-ethyl adjacent to an activating group) is 1. The van der Waals surface area contributed by atoms with E-state index in [0.717, 1.165) is 23.2 Å². The molecule has 9 heteroatoms. The Bertz CT molecular complexity index is 789. The van der Waals surface area contributed by atoms with Crippen molar-refractivity contribution >= 4 is 50.0 Å². The third kappa shape index (κ3) is 5.26. The van der Waals surface area contributed by atoms with Crippen molar-refractivity contribution in [2.75, 3.05) is 43.9 Å². The lowest BCUT2D eigenvalue weighted by atomic mass is 10.3. The van der Waals surface area contributed by atoms with E-state index < -0.39 is 0 Å². The topological polar surface area (TPSA) is 77.6 Å². The quantitative estimate of drug-likeness (QED) is 0.770. The van der Waals surface area contributed by atoms with Gasteiger partial charge in [-0.2, -0.15) is 0 Å². The fraction of sp³-hybridized carbons (Fsp3) is 0.353. The number of rotatable bonds is 4. The zero-order valence-corrected chi connectivity index (χ0v) is 16.8. The van der Waals surface area contributed by atoms with Gasteiger partial charge in [0, 0.05) is 41.7 Å². The van der Waals surface area contributed by atoms with E-state index in [1.165, 1.54) is 11.3 Å². The standard InChI is InChI=1S/C17H20BrN5O2S/c1-22-5-7-23(8-6-22)17(25)21-16-20-14(11-26-16)10-15(24)19-13-4-2-3-12(18)9-13/h2-4,9,11H,5-8,10H2,1H3,(H,19,24)(H,20,21,25). The molecule has 1 saturated heterocycles. The molecule has 3 rings (SSSR count). The van der Waals surface area contributed by atoms with Gasteiger partial charge in [0.15, 0.2) is 5.13 Å². The number of nitrogens with one attached hydrogen (secondary N) is 2. The number of anilines is 2. The van der Waals surface area contributed by atoms with Crippen molar-refractivity contribution in [1.82, 2.24) is 14.8 Å². The molecule has 2 N–H and O–H groups in total. The number of urea groups is 1. The number of thiazole rings is 1. The predicted octanol–water partition coefficient (Wildman–Crippen LogP) is 2.87. The molecule has 7 nitrogen and oxygen atoms in total. The minimum atomic E-state index is -0.148. The normalized spacial score (nSPS) is 14.9. The molecule has 1 aliphatic heterocycles. The molecule has 1 aliphatic rings. The lowest BCUT2D eigenvalue weighted by Gasteiger charge is -2.32. The molecule has 0 atom stereocenters. The summed E-state index contributed by atoms with van der Waals surface area (Å²) in [5.41, 5.74) is 1.36. The maximum atomic E-state index is 12.3. The van der Waals surface area contributed by atoms with Crippen LogP contribution in [0, 0.1) is 0 Å². The molecule has 0 aliphatic carbocycles. The molecule has 0 radical (unpaired) electrons. The fourth-order valence-corrected chi connectivity index (χ4v) is 3.66. The third-order valence-electron chi connectivity index (χ3n) is 4.01. The van der Waals surface area contributed by atoms with Crippen LogP contribution in [0.4, 0.5) is 15.6 Å². The van der Waals surface area contributed by atoms with Crippen LogP contribution in [0.25, 0.3) is 0 Å². The summed E-state index contributed by atoms with van der Waals surface area (Å²) < 4.78 is 0.901. The lowest BCUT2D eigenvalue weighted by molar-refractivity contribution is -0.115. The van der Waals surface area contributed by atoms with E-state index in [4.69, 9.17) is 0 Å². The first-order chi connectivity index (χ1) is 12.5. The van der Waals surface area contributed by atoms with E-state index in [1.807, 2.05) is 31.3 Å². The molecule has 0 spiro atoms. The minimum Gasteiger partial charge on any atom is -0.326 e. The number of aromatic nitrogens is 1. The van der Waals surface area contributed by atoms with Crippen LogP contribution >= 0.6 is 27.3 Å². The molecule has 1 aromatic carbocycles. The van der Waals surface area contributed by atoms with Crippen LogP contribution in [0.1, 0.15) is 5.69 Å². The number of nitrogens with zero attached hydrogens (tertiary/aromatic N) is 3. The average molecular weight is 438 g/mol. The summed E-state index contributed by atoms with van der Waals surface area (Å²) >= 11 is 4.70. The van der Waals surface area contributed by atoms with Crippen LogP contribution in [-0.2, 0) is 11.2 Å². The number of carbonyl (C=O) groups excluding carboxylic acids is 2. The van der Waals surface area contributed by atoms with Crippen LogP contribution in [0.15, 0.2) is 34.1 Å². The van der Waals surface area contributed by atoms with Crippen molar-refractivity contribution < 1.29 is 9.59 Å². The first-order valence-electron chi connectivity index (χ1n) is 8.24. The van der Waals surface area contributed by atoms with Crippen molar-refractivity contribution in [1.29, 1.82) is 0 Å².